The number of likely N-dealkylation sites (N-methyl/N-ethyl adjacent to an activating group) is 1. The monoisotopic (exact) mass is 454 g/mol. The van der Waals surface area contributed by atoms with Crippen LogP contribution in [-0.2, 0) is 17.4 Å². The molecule has 0 radical (unpaired) electrons. The molecule has 0 spiro atoms. The van der Waals surface area contributed by atoms with Crippen molar-refractivity contribution in [3.05, 3.63) is 106 Å². The number of hydrogen-bond acceptors (Lipinski definition) is 2. The van der Waals surface area contributed by atoms with Crippen LogP contribution in [0.25, 0.3) is 0 Å². The minimum Gasteiger partial charge on any atom is -0.358 e. The van der Waals surface area contributed by atoms with Gasteiger partial charge in [-0.3, -0.25) is 10.1 Å². The van der Waals surface area contributed by atoms with Gasteiger partial charge in [0.05, 0.1) is 5.56 Å². The summed E-state index contributed by atoms with van der Waals surface area (Å²) >= 11 is 0. The zero-order valence-electron chi connectivity index (χ0n) is 19.0. The molecule has 2 N–H and O–H groups in total. The average Bonchev–Trinajstić information content (AvgIpc) is 2.81. The lowest BCUT2D eigenvalue weighted by atomic mass is 9.94. The predicted molar refractivity (Wildman–Crippen MR) is 125 cm³/mol. The van der Waals surface area contributed by atoms with Crippen molar-refractivity contribution in [1.82, 2.24) is 10.6 Å². The van der Waals surface area contributed by atoms with Crippen molar-refractivity contribution in [2.24, 2.45) is 0 Å². The van der Waals surface area contributed by atoms with Gasteiger partial charge in [0.25, 0.3) is 0 Å². The minimum absolute atomic E-state index is 0.149. The van der Waals surface area contributed by atoms with E-state index < -0.39 is 17.8 Å². The molecule has 0 aromatic heterocycles. The maximum atomic E-state index is 12.9. The zero-order chi connectivity index (χ0) is 24.0. The summed E-state index contributed by atoms with van der Waals surface area (Å²) in [4.78, 5) is 12.7. The highest BCUT2D eigenvalue weighted by Crippen LogP contribution is 2.30. The van der Waals surface area contributed by atoms with E-state index in [9.17, 15) is 18.0 Å². The van der Waals surface area contributed by atoms with E-state index in [1.54, 1.807) is 7.05 Å². The van der Waals surface area contributed by atoms with E-state index in [2.05, 4.69) is 22.8 Å². The van der Waals surface area contributed by atoms with Crippen molar-refractivity contribution in [2.45, 2.75) is 44.9 Å². The molecule has 0 saturated carbocycles. The van der Waals surface area contributed by atoms with E-state index in [0.29, 0.717) is 12.8 Å². The van der Waals surface area contributed by atoms with Crippen LogP contribution in [0.15, 0.2) is 72.8 Å². The van der Waals surface area contributed by atoms with Gasteiger partial charge in [-0.1, -0.05) is 60.7 Å². The second kappa shape index (κ2) is 10.7. The van der Waals surface area contributed by atoms with Crippen LogP contribution in [0.3, 0.4) is 0 Å². The van der Waals surface area contributed by atoms with Crippen LogP contribution in [0, 0.1) is 13.8 Å². The molecule has 174 valence electrons. The van der Waals surface area contributed by atoms with E-state index in [4.69, 9.17) is 0 Å². The van der Waals surface area contributed by atoms with Gasteiger partial charge in [0.1, 0.15) is 6.04 Å². The number of hydrogen-bond donors (Lipinski definition) is 2. The molecule has 2 atom stereocenters. The molecule has 3 aromatic rings. The molecule has 0 bridgehead atoms. The molecule has 3 aromatic carbocycles. The molecule has 3 rings (SSSR count). The van der Waals surface area contributed by atoms with Crippen LogP contribution in [0.2, 0.25) is 0 Å². The molecule has 0 saturated heterocycles. The Balaban J connectivity index is 1.87. The SMILES string of the molecule is CNC(=O)[C@@H](N[C@@H](CCc1ccc(C(F)(F)F)cc1)c1ccc(C)c(C)c1)c1ccccc1. The van der Waals surface area contributed by atoms with E-state index in [1.807, 2.05) is 50.2 Å². The summed E-state index contributed by atoms with van der Waals surface area (Å²) in [5, 5.41) is 6.22. The van der Waals surface area contributed by atoms with Gasteiger partial charge in [-0.05, 0) is 66.6 Å². The van der Waals surface area contributed by atoms with E-state index in [0.717, 1.165) is 34.4 Å². The predicted octanol–water partition coefficient (Wildman–Crippen LogP) is 6.07. The highest BCUT2D eigenvalue weighted by molar-refractivity contribution is 5.83. The van der Waals surface area contributed by atoms with Gasteiger partial charge in [-0.25, -0.2) is 0 Å². The second-order valence-electron chi connectivity index (χ2n) is 8.25. The average molecular weight is 455 g/mol. The Labute approximate surface area is 193 Å². The fourth-order valence-corrected chi connectivity index (χ4v) is 3.81. The standard InChI is InChI=1S/C27H29F3N2O/c1-18-9-13-22(17-19(18)2)24(16-12-20-10-14-23(15-11-20)27(28,29)30)32-25(26(33)31-3)21-7-5-4-6-8-21/h4-11,13-15,17,24-25,32H,12,16H2,1-3H3,(H,31,33)/t24-,25-/m0/s1. The normalized spacial score (nSPS) is 13.4. The summed E-state index contributed by atoms with van der Waals surface area (Å²) in [5.74, 6) is -0.149. The Hall–Kier alpha value is -3.12. The number of nitrogens with one attached hydrogen (secondary N) is 2. The maximum absolute atomic E-state index is 12.9. The number of amides is 1. The third-order valence-electron chi connectivity index (χ3n) is 5.95. The van der Waals surface area contributed by atoms with Crippen LogP contribution in [0.4, 0.5) is 13.2 Å². The Morgan fingerprint density at radius 3 is 2.12 bits per heavy atom. The Kier molecular flexibility index (Phi) is 7.92. The number of carbonyl (C=O) groups excluding carboxylic acids is 1. The lowest BCUT2D eigenvalue weighted by Gasteiger charge is -2.26. The molecule has 33 heavy (non-hydrogen) atoms. The van der Waals surface area contributed by atoms with Crippen molar-refractivity contribution in [3.8, 4) is 0 Å². The Morgan fingerprint density at radius 2 is 1.55 bits per heavy atom. The van der Waals surface area contributed by atoms with Crippen molar-refractivity contribution in [2.75, 3.05) is 7.05 Å². The summed E-state index contributed by atoms with van der Waals surface area (Å²) in [5.41, 5.74) is 4.36. The fraction of sp³-hybridized carbons (Fsp3) is 0.296. The van der Waals surface area contributed by atoms with Gasteiger partial charge in [0.15, 0.2) is 0 Å². The fourth-order valence-electron chi connectivity index (χ4n) is 3.81. The summed E-state index contributed by atoms with van der Waals surface area (Å²) in [6, 6.07) is 20.2. The maximum Gasteiger partial charge on any atom is 0.416 e. The third-order valence-corrected chi connectivity index (χ3v) is 5.95. The van der Waals surface area contributed by atoms with Gasteiger partial charge in [-0.2, -0.15) is 13.2 Å². The lowest BCUT2D eigenvalue weighted by molar-refractivity contribution is -0.137. The van der Waals surface area contributed by atoms with Crippen molar-refractivity contribution >= 4 is 5.91 Å². The van der Waals surface area contributed by atoms with E-state index >= 15 is 0 Å². The smallest absolute Gasteiger partial charge is 0.358 e. The molecule has 0 fully saturated rings. The molecule has 0 unspecified atom stereocenters. The molecule has 0 aliphatic heterocycles. The van der Waals surface area contributed by atoms with Crippen molar-refractivity contribution < 1.29 is 18.0 Å². The Bertz CT molecular complexity index is 1060. The van der Waals surface area contributed by atoms with Crippen LogP contribution in [-0.4, -0.2) is 13.0 Å². The third kappa shape index (κ3) is 6.45. The number of carbonyl (C=O) groups is 1. The summed E-state index contributed by atoms with van der Waals surface area (Å²) in [6.45, 7) is 4.08. The summed E-state index contributed by atoms with van der Waals surface area (Å²) < 4.78 is 38.7. The first-order chi connectivity index (χ1) is 15.7. The lowest BCUT2D eigenvalue weighted by Crippen LogP contribution is -2.38. The molecule has 1 amide bonds. The van der Waals surface area contributed by atoms with Crippen LogP contribution >= 0.6 is 0 Å². The molecule has 3 nitrogen and oxygen atoms in total. The van der Waals surface area contributed by atoms with Gasteiger partial charge < -0.3 is 5.32 Å². The van der Waals surface area contributed by atoms with Crippen LogP contribution < -0.4 is 10.6 Å². The number of rotatable bonds is 8. The highest BCUT2D eigenvalue weighted by Gasteiger charge is 2.30. The van der Waals surface area contributed by atoms with Crippen molar-refractivity contribution in [3.63, 3.8) is 0 Å². The van der Waals surface area contributed by atoms with Crippen LogP contribution in [0.5, 0.6) is 0 Å². The van der Waals surface area contributed by atoms with E-state index in [1.165, 1.54) is 17.7 Å². The zero-order valence-corrected chi connectivity index (χ0v) is 19.0. The summed E-state index contributed by atoms with van der Waals surface area (Å²) in [6.07, 6.45) is -3.16. The number of halogens is 3. The molecule has 0 aliphatic rings. The molecule has 6 heteroatoms. The minimum atomic E-state index is -4.35. The first kappa shape index (κ1) is 24.5. The Morgan fingerprint density at radius 1 is 0.879 bits per heavy atom. The van der Waals surface area contributed by atoms with Crippen LogP contribution in [0.1, 0.15) is 51.9 Å². The quantitative estimate of drug-likeness (QED) is 0.434. The molecule has 0 heterocycles. The highest BCUT2D eigenvalue weighted by atomic mass is 19.4. The number of aryl methyl sites for hydroxylation is 3. The molecular weight excluding hydrogens is 425 g/mol. The van der Waals surface area contributed by atoms with Gasteiger partial charge in [0.2, 0.25) is 5.91 Å². The molecule has 0 aliphatic carbocycles. The van der Waals surface area contributed by atoms with Gasteiger partial charge >= 0.3 is 6.18 Å². The topological polar surface area (TPSA) is 41.1 Å². The number of benzene rings is 3. The largest absolute Gasteiger partial charge is 0.416 e. The van der Waals surface area contributed by atoms with Crippen molar-refractivity contribution in [1.29, 1.82) is 0 Å². The van der Waals surface area contributed by atoms with E-state index in [-0.39, 0.29) is 11.9 Å². The number of alkyl halides is 3. The molecular formula is C27H29F3N2O. The summed E-state index contributed by atoms with van der Waals surface area (Å²) in [7, 11) is 1.60. The first-order valence-corrected chi connectivity index (χ1v) is 10.9. The first-order valence-electron chi connectivity index (χ1n) is 10.9. The second-order valence-corrected chi connectivity index (χ2v) is 8.25. The van der Waals surface area contributed by atoms with Gasteiger partial charge in [-0.15, -0.1) is 0 Å². The van der Waals surface area contributed by atoms with Gasteiger partial charge in [0, 0.05) is 13.1 Å².